The number of rotatable bonds is 4. The average Bonchev–Trinajstić information content (AvgIpc) is 1.87. The lowest BCUT2D eigenvalue weighted by Gasteiger charge is -2.09. The van der Waals surface area contributed by atoms with E-state index >= 15 is 0 Å². The maximum atomic E-state index is 8.42. The summed E-state index contributed by atoms with van der Waals surface area (Å²) in [5.74, 6) is 0. The fourth-order valence-corrected chi connectivity index (χ4v) is 0.677. The Labute approximate surface area is 68.1 Å². The lowest BCUT2D eigenvalue weighted by Crippen LogP contribution is -2.10. The summed E-state index contributed by atoms with van der Waals surface area (Å²) in [5, 5.41) is 8.42. The lowest BCUT2D eigenvalue weighted by atomic mass is 10.1. The average molecular weight is 156 g/mol. The van der Waals surface area contributed by atoms with Gasteiger partial charge in [0.15, 0.2) is 0 Å². The Bertz CT molecular complexity index is 155. The molecule has 0 fully saturated rings. The summed E-state index contributed by atoms with van der Waals surface area (Å²) in [4.78, 5) is 4.22. The van der Waals surface area contributed by atoms with Gasteiger partial charge in [-0.15, -0.1) is 0 Å². The topological polar surface area (TPSA) is 29.5 Å². The van der Waals surface area contributed by atoms with E-state index in [0.717, 1.165) is 5.57 Å². The Morgan fingerprint density at radius 3 is 2.36 bits per heavy atom. The molecule has 0 aliphatic heterocycles. The van der Waals surface area contributed by atoms with Crippen LogP contribution in [-0.2, 0) is 4.89 Å². The van der Waals surface area contributed by atoms with E-state index < -0.39 is 0 Å². The minimum absolute atomic E-state index is 0.259. The quantitative estimate of drug-likeness (QED) is 0.385. The van der Waals surface area contributed by atoms with Crippen LogP contribution < -0.4 is 0 Å². The van der Waals surface area contributed by atoms with Gasteiger partial charge in [-0.05, 0) is 32.8 Å². The zero-order chi connectivity index (χ0) is 8.85. The van der Waals surface area contributed by atoms with Crippen LogP contribution in [-0.4, -0.2) is 11.4 Å². The Kier molecular flexibility index (Phi) is 4.83. The Balaban J connectivity index is 3.89. The van der Waals surface area contributed by atoms with Crippen molar-refractivity contribution in [1.29, 1.82) is 0 Å². The minimum Gasteiger partial charge on any atom is -0.251 e. The number of hydrogen-bond acceptors (Lipinski definition) is 2. The fraction of sp³-hybridized carbons (Fsp3) is 0.556. The van der Waals surface area contributed by atoms with Crippen molar-refractivity contribution < 1.29 is 10.1 Å². The Morgan fingerprint density at radius 1 is 1.55 bits per heavy atom. The predicted molar refractivity (Wildman–Crippen MR) is 46.4 cm³/mol. The van der Waals surface area contributed by atoms with Crippen molar-refractivity contribution in [3.05, 3.63) is 23.8 Å². The summed E-state index contributed by atoms with van der Waals surface area (Å²) in [5.41, 5.74) is 2.05. The van der Waals surface area contributed by atoms with Gasteiger partial charge in [-0.25, -0.2) is 4.89 Å². The number of hydrogen-bond donors (Lipinski definition) is 1. The van der Waals surface area contributed by atoms with E-state index in [1.54, 1.807) is 0 Å². The molecule has 0 aliphatic carbocycles. The molecule has 2 heteroatoms. The van der Waals surface area contributed by atoms with E-state index in [9.17, 15) is 0 Å². The zero-order valence-electron chi connectivity index (χ0n) is 7.42. The Morgan fingerprint density at radius 2 is 2.09 bits per heavy atom. The molecule has 0 saturated carbocycles. The summed E-state index contributed by atoms with van der Waals surface area (Å²) in [7, 11) is 0. The van der Waals surface area contributed by atoms with Gasteiger partial charge in [-0.2, -0.15) is 0 Å². The first-order valence-corrected chi connectivity index (χ1v) is 3.67. The molecule has 1 unspecified atom stereocenters. The smallest absolute Gasteiger partial charge is 0.117 e. The van der Waals surface area contributed by atoms with Gasteiger partial charge >= 0.3 is 0 Å². The van der Waals surface area contributed by atoms with Crippen molar-refractivity contribution in [3.8, 4) is 0 Å². The predicted octanol–water partition coefficient (Wildman–Crippen LogP) is 2.78. The van der Waals surface area contributed by atoms with Gasteiger partial charge in [0.2, 0.25) is 0 Å². The van der Waals surface area contributed by atoms with E-state index in [-0.39, 0.29) is 6.10 Å². The normalized spacial score (nSPS) is 12.4. The van der Waals surface area contributed by atoms with E-state index in [2.05, 4.69) is 11.5 Å². The first-order valence-electron chi connectivity index (χ1n) is 3.67. The van der Waals surface area contributed by atoms with Gasteiger partial charge in [0.1, 0.15) is 6.10 Å². The molecule has 0 saturated heterocycles. The van der Waals surface area contributed by atoms with Crippen molar-refractivity contribution in [1.82, 2.24) is 0 Å². The van der Waals surface area contributed by atoms with Crippen LogP contribution in [0.5, 0.6) is 0 Å². The molecule has 0 aromatic heterocycles. The van der Waals surface area contributed by atoms with Crippen molar-refractivity contribution >= 4 is 0 Å². The lowest BCUT2D eigenvalue weighted by molar-refractivity contribution is -0.267. The van der Waals surface area contributed by atoms with Crippen molar-refractivity contribution in [3.63, 3.8) is 0 Å². The minimum atomic E-state index is -0.259. The van der Waals surface area contributed by atoms with Crippen LogP contribution in [0.1, 0.15) is 27.2 Å². The molecule has 64 valence electrons. The van der Waals surface area contributed by atoms with Gasteiger partial charge < -0.3 is 0 Å². The summed E-state index contributed by atoms with van der Waals surface area (Å²) in [6.45, 7) is 9.54. The highest BCUT2D eigenvalue weighted by molar-refractivity contribution is 5.03. The van der Waals surface area contributed by atoms with E-state index in [4.69, 9.17) is 5.26 Å². The Hall–Kier alpha value is -0.600. The third kappa shape index (κ3) is 4.76. The second-order valence-electron chi connectivity index (χ2n) is 2.96. The standard InChI is InChI=1S/C9H16O2/c1-7(2)5-6-9(11-10)8(3)4/h5,9-10H,3,6H2,1-2,4H3. The molecule has 2 nitrogen and oxygen atoms in total. The van der Waals surface area contributed by atoms with Crippen LogP contribution in [0.25, 0.3) is 0 Å². The molecular weight excluding hydrogens is 140 g/mol. The maximum absolute atomic E-state index is 8.42. The van der Waals surface area contributed by atoms with Crippen molar-refractivity contribution in [2.45, 2.75) is 33.3 Å². The highest BCUT2D eigenvalue weighted by Gasteiger charge is 2.06. The second-order valence-corrected chi connectivity index (χ2v) is 2.96. The molecule has 0 radical (unpaired) electrons. The molecule has 0 aromatic rings. The van der Waals surface area contributed by atoms with Gasteiger partial charge in [-0.1, -0.05) is 18.2 Å². The van der Waals surface area contributed by atoms with Crippen LogP contribution in [0.15, 0.2) is 23.8 Å². The monoisotopic (exact) mass is 156 g/mol. The highest BCUT2D eigenvalue weighted by Crippen LogP contribution is 2.08. The molecule has 1 N–H and O–H groups in total. The SMILES string of the molecule is C=C(C)C(CC=C(C)C)OO. The molecule has 0 amide bonds. The molecule has 0 bridgehead atoms. The number of allylic oxidation sites excluding steroid dienone is 1. The molecule has 0 aromatic carbocycles. The van der Waals surface area contributed by atoms with Gasteiger partial charge in [0.25, 0.3) is 0 Å². The van der Waals surface area contributed by atoms with Crippen LogP contribution in [0.4, 0.5) is 0 Å². The van der Waals surface area contributed by atoms with Crippen LogP contribution in [0, 0.1) is 0 Å². The molecule has 0 aliphatic rings. The molecule has 11 heavy (non-hydrogen) atoms. The van der Waals surface area contributed by atoms with Crippen LogP contribution in [0.2, 0.25) is 0 Å². The largest absolute Gasteiger partial charge is 0.251 e. The van der Waals surface area contributed by atoms with Crippen LogP contribution >= 0.6 is 0 Å². The van der Waals surface area contributed by atoms with Crippen molar-refractivity contribution in [2.75, 3.05) is 0 Å². The van der Waals surface area contributed by atoms with E-state index in [1.807, 2.05) is 26.8 Å². The highest BCUT2D eigenvalue weighted by atomic mass is 17.1. The summed E-state index contributed by atoms with van der Waals surface area (Å²) in [6, 6.07) is 0. The third-order valence-corrected chi connectivity index (χ3v) is 1.42. The molecule has 0 rings (SSSR count). The first kappa shape index (κ1) is 10.4. The molecule has 0 spiro atoms. The zero-order valence-corrected chi connectivity index (χ0v) is 7.42. The second kappa shape index (κ2) is 5.10. The molecular formula is C9H16O2. The summed E-state index contributed by atoms with van der Waals surface area (Å²) < 4.78 is 0. The van der Waals surface area contributed by atoms with Gasteiger partial charge in [-0.3, -0.25) is 5.26 Å². The maximum Gasteiger partial charge on any atom is 0.117 e. The summed E-state index contributed by atoms with van der Waals surface area (Å²) >= 11 is 0. The van der Waals surface area contributed by atoms with E-state index in [1.165, 1.54) is 5.57 Å². The van der Waals surface area contributed by atoms with Crippen LogP contribution in [0.3, 0.4) is 0 Å². The van der Waals surface area contributed by atoms with E-state index in [0.29, 0.717) is 6.42 Å². The molecule has 1 atom stereocenters. The summed E-state index contributed by atoms with van der Waals surface area (Å²) in [6.07, 6.45) is 2.44. The van der Waals surface area contributed by atoms with Gasteiger partial charge in [0, 0.05) is 0 Å². The molecule has 0 heterocycles. The first-order chi connectivity index (χ1) is 5.07. The van der Waals surface area contributed by atoms with Gasteiger partial charge in [0.05, 0.1) is 0 Å². The van der Waals surface area contributed by atoms with Crippen molar-refractivity contribution in [2.24, 2.45) is 0 Å². The fourth-order valence-electron chi connectivity index (χ4n) is 0.677. The third-order valence-electron chi connectivity index (χ3n) is 1.42.